The quantitative estimate of drug-likeness (QED) is 0.804. The lowest BCUT2D eigenvalue weighted by Gasteiger charge is -2.27. The lowest BCUT2D eigenvalue weighted by atomic mass is 10.1. The predicted molar refractivity (Wildman–Crippen MR) is 91.0 cm³/mol. The molecule has 0 amide bonds. The molecule has 0 radical (unpaired) electrons. The summed E-state index contributed by atoms with van der Waals surface area (Å²) in [5.41, 5.74) is 2.43. The molecule has 0 saturated carbocycles. The molecular formula is C17H18N4OS. The molecule has 5 nitrogen and oxygen atoms in total. The number of anilines is 1. The maximum absolute atomic E-state index is 9.59. The summed E-state index contributed by atoms with van der Waals surface area (Å²) in [5, 5.41) is 20.5. The van der Waals surface area contributed by atoms with Crippen LogP contribution in [0.5, 0.6) is 5.75 Å². The van der Waals surface area contributed by atoms with Gasteiger partial charge in [-0.1, -0.05) is 12.1 Å². The highest BCUT2D eigenvalue weighted by atomic mass is 32.1. The highest BCUT2D eigenvalue weighted by molar-refractivity contribution is 7.10. The second-order valence-electron chi connectivity index (χ2n) is 5.86. The lowest BCUT2D eigenvalue weighted by Crippen LogP contribution is -2.31. The number of thiophene rings is 1. The van der Waals surface area contributed by atoms with E-state index in [1.54, 1.807) is 12.1 Å². The zero-order valence-electron chi connectivity index (χ0n) is 12.9. The Hall–Kier alpha value is -2.34. The SMILES string of the molecule is Cn1c(Cc2cccc(O)c2)nnc1N1CCc2sccc2C1. The van der Waals surface area contributed by atoms with Crippen LogP contribution in [-0.4, -0.2) is 26.4 Å². The molecule has 0 atom stereocenters. The van der Waals surface area contributed by atoms with Gasteiger partial charge >= 0.3 is 0 Å². The Morgan fingerprint density at radius 2 is 2.17 bits per heavy atom. The summed E-state index contributed by atoms with van der Waals surface area (Å²) < 4.78 is 2.06. The largest absolute Gasteiger partial charge is 0.508 e. The molecule has 0 fully saturated rings. The maximum Gasteiger partial charge on any atom is 0.227 e. The number of aromatic hydroxyl groups is 1. The minimum atomic E-state index is 0.283. The van der Waals surface area contributed by atoms with Crippen LogP contribution < -0.4 is 4.90 Å². The van der Waals surface area contributed by atoms with Crippen LogP contribution in [0.2, 0.25) is 0 Å². The summed E-state index contributed by atoms with van der Waals surface area (Å²) in [6, 6.07) is 9.50. The second-order valence-corrected chi connectivity index (χ2v) is 6.86. The number of phenols is 1. The van der Waals surface area contributed by atoms with E-state index < -0.39 is 0 Å². The van der Waals surface area contributed by atoms with Crippen LogP contribution >= 0.6 is 11.3 Å². The summed E-state index contributed by atoms with van der Waals surface area (Å²) in [6.07, 6.45) is 1.73. The smallest absolute Gasteiger partial charge is 0.227 e. The normalized spacial score (nSPS) is 14.0. The van der Waals surface area contributed by atoms with E-state index in [0.717, 1.165) is 36.8 Å². The molecule has 1 aliphatic heterocycles. The van der Waals surface area contributed by atoms with Crippen LogP contribution in [0.4, 0.5) is 5.95 Å². The lowest BCUT2D eigenvalue weighted by molar-refractivity contribution is 0.474. The van der Waals surface area contributed by atoms with Gasteiger partial charge in [-0.15, -0.1) is 21.5 Å². The zero-order valence-corrected chi connectivity index (χ0v) is 13.8. The average Bonchev–Trinajstić information content (AvgIpc) is 3.14. The first-order valence-electron chi connectivity index (χ1n) is 7.67. The Bertz CT molecular complexity index is 839. The van der Waals surface area contributed by atoms with Gasteiger partial charge in [-0.2, -0.15) is 0 Å². The Morgan fingerprint density at radius 3 is 3.04 bits per heavy atom. The van der Waals surface area contributed by atoms with Gasteiger partial charge in [0.15, 0.2) is 0 Å². The first-order chi connectivity index (χ1) is 11.2. The van der Waals surface area contributed by atoms with Crippen LogP contribution in [0.1, 0.15) is 21.8 Å². The van der Waals surface area contributed by atoms with Crippen molar-refractivity contribution in [2.45, 2.75) is 19.4 Å². The molecule has 0 bridgehead atoms. The van der Waals surface area contributed by atoms with Crippen LogP contribution in [0.25, 0.3) is 0 Å². The van der Waals surface area contributed by atoms with Gasteiger partial charge in [0.25, 0.3) is 0 Å². The van der Waals surface area contributed by atoms with Crippen molar-refractivity contribution in [3.63, 3.8) is 0 Å². The summed E-state index contributed by atoms with van der Waals surface area (Å²) >= 11 is 1.84. The van der Waals surface area contributed by atoms with E-state index in [-0.39, 0.29) is 5.75 Å². The van der Waals surface area contributed by atoms with Crippen molar-refractivity contribution < 1.29 is 5.11 Å². The highest BCUT2D eigenvalue weighted by Gasteiger charge is 2.22. The van der Waals surface area contributed by atoms with Crippen LogP contribution in [-0.2, 0) is 26.4 Å². The van der Waals surface area contributed by atoms with Crippen molar-refractivity contribution in [3.8, 4) is 5.75 Å². The standard InChI is InChI=1S/C17H18N4OS/c1-20-16(10-12-3-2-4-14(22)9-12)18-19-17(20)21-7-5-15-13(11-21)6-8-23-15/h2-4,6,8-9,22H,5,7,10-11H2,1H3. The third kappa shape index (κ3) is 2.70. The van der Waals surface area contributed by atoms with E-state index in [0.29, 0.717) is 6.42 Å². The Balaban J connectivity index is 1.57. The molecule has 1 aliphatic rings. The topological polar surface area (TPSA) is 54.2 Å². The molecule has 3 aromatic rings. The third-order valence-corrected chi connectivity index (χ3v) is 5.33. The average molecular weight is 326 g/mol. The van der Waals surface area contributed by atoms with Gasteiger partial charge in [-0.25, -0.2) is 0 Å². The molecule has 1 N–H and O–H groups in total. The summed E-state index contributed by atoms with van der Waals surface area (Å²) in [7, 11) is 2.01. The number of rotatable bonds is 3. The molecule has 0 spiro atoms. The van der Waals surface area contributed by atoms with Crippen molar-refractivity contribution >= 4 is 17.3 Å². The van der Waals surface area contributed by atoms with Gasteiger partial charge in [-0.05, 0) is 41.1 Å². The molecule has 1 aromatic carbocycles. The van der Waals surface area contributed by atoms with Crippen molar-refractivity contribution in [3.05, 3.63) is 57.5 Å². The molecule has 4 rings (SSSR count). The van der Waals surface area contributed by atoms with Gasteiger partial charge in [0.1, 0.15) is 11.6 Å². The number of hydrogen-bond acceptors (Lipinski definition) is 5. The Labute approximate surface area is 138 Å². The highest BCUT2D eigenvalue weighted by Crippen LogP contribution is 2.27. The van der Waals surface area contributed by atoms with E-state index in [2.05, 4.69) is 31.1 Å². The van der Waals surface area contributed by atoms with E-state index >= 15 is 0 Å². The number of nitrogens with zero attached hydrogens (tertiary/aromatic N) is 4. The van der Waals surface area contributed by atoms with E-state index in [9.17, 15) is 5.11 Å². The van der Waals surface area contributed by atoms with Gasteiger partial charge in [0, 0.05) is 31.4 Å². The molecule has 0 aliphatic carbocycles. The molecule has 23 heavy (non-hydrogen) atoms. The molecule has 3 heterocycles. The maximum atomic E-state index is 9.59. The molecule has 2 aromatic heterocycles. The van der Waals surface area contributed by atoms with Gasteiger partial charge in [-0.3, -0.25) is 0 Å². The summed E-state index contributed by atoms with van der Waals surface area (Å²) in [6.45, 7) is 1.88. The van der Waals surface area contributed by atoms with E-state index in [1.807, 2.05) is 30.5 Å². The van der Waals surface area contributed by atoms with Crippen LogP contribution in [0, 0.1) is 0 Å². The van der Waals surface area contributed by atoms with Crippen LogP contribution in [0.15, 0.2) is 35.7 Å². The van der Waals surface area contributed by atoms with Crippen molar-refractivity contribution in [2.24, 2.45) is 7.05 Å². The van der Waals surface area contributed by atoms with E-state index in [4.69, 9.17) is 0 Å². The minimum Gasteiger partial charge on any atom is -0.508 e. The van der Waals surface area contributed by atoms with Crippen LogP contribution in [0.3, 0.4) is 0 Å². The van der Waals surface area contributed by atoms with Gasteiger partial charge in [0.2, 0.25) is 5.95 Å². The molecule has 0 unspecified atom stereocenters. The predicted octanol–water partition coefficient (Wildman–Crippen LogP) is 2.74. The van der Waals surface area contributed by atoms with Gasteiger partial charge < -0.3 is 14.6 Å². The zero-order chi connectivity index (χ0) is 15.8. The first-order valence-corrected chi connectivity index (χ1v) is 8.55. The van der Waals surface area contributed by atoms with Crippen molar-refractivity contribution in [1.82, 2.24) is 14.8 Å². The van der Waals surface area contributed by atoms with E-state index in [1.165, 1.54) is 10.4 Å². The molecule has 0 saturated heterocycles. The fraction of sp³-hybridized carbons (Fsp3) is 0.294. The monoisotopic (exact) mass is 326 g/mol. The molecule has 6 heteroatoms. The van der Waals surface area contributed by atoms with Crippen molar-refractivity contribution in [2.75, 3.05) is 11.4 Å². The first kappa shape index (κ1) is 14.3. The fourth-order valence-electron chi connectivity index (χ4n) is 3.05. The fourth-order valence-corrected chi connectivity index (χ4v) is 3.94. The third-order valence-electron chi connectivity index (χ3n) is 4.31. The number of phenolic OH excluding ortho intramolecular Hbond substituents is 1. The molecular weight excluding hydrogens is 308 g/mol. The summed E-state index contributed by atoms with van der Waals surface area (Å²) in [4.78, 5) is 3.77. The summed E-state index contributed by atoms with van der Waals surface area (Å²) in [5.74, 6) is 2.10. The van der Waals surface area contributed by atoms with Crippen molar-refractivity contribution in [1.29, 1.82) is 0 Å². The number of hydrogen-bond donors (Lipinski definition) is 1. The number of benzene rings is 1. The molecule has 118 valence electrons. The minimum absolute atomic E-state index is 0.283. The Morgan fingerprint density at radius 1 is 1.26 bits per heavy atom. The second kappa shape index (κ2) is 5.70. The Kier molecular flexibility index (Phi) is 3.53. The number of fused-ring (bicyclic) bond motifs is 1. The van der Waals surface area contributed by atoms with Gasteiger partial charge in [0.05, 0.1) is 0 Å². The number of aromatic nitrogens is 3.